The van der Waals surface area contributed by atoms with Crippen molar-refractivity contribution in [1.29, 1.82) is 0 Å². The van der Waals surface area contributed by atoms with E-state index in [0.717, 1.165) is 35.4 Å². The van der Waals surface area contributed by atoms with Crippen LogP contribution in [0.2, 0.25) is 0 Å². The summed E-state index contributed by atoms with van der Waals surface area (Å²) in [4.78, 5) is 0. The fourth-order valence-electron chi connectivity index (χ4n) is 4.67. The normalized spacial score (nSPS) is 23.8. The van der Waals surface area contributed by atoms with Gasteiger partial charge in [0.25, 0.3) is 0 Å². The lowest BCUT2D eigenvalue weighted by Crippen LogP contribution is -2.17. The topological polar surface area (TPSA) is 36.4 Å². The molecular formula is C26H35N3. The maximum Gasteiger partial charge on any atom is 0.0906 e. The maximum atomic E-state index is 4.37. The zero-order valence-electron chi connectivity index (χ0n) is 17.8. The SMILES string of the molecule is C=C1C=CC(c2ccc(C(NCCCC3CCCCCC3C)=C3CC3)cc2)=NN1. The summed E-state index contributed by atoms with van der Waals surface area (Å²) in [5, 5.41) is 8.16. The molecule has 1 aromatic rings. The molecule has 0 radical (unpaired) electrons. The van der Waals surface area contributed by atoms with Crippen molar-refractivity contribution < 1.29 is 0 Å². The molecule has 2 unspecified atom stereocenters. The molecule has 154 valence electrons. The Bertz CT molecular complexity index is 807. The van der Waals surface area contributed by atoms with E-state index in [4.69, 9.17) is 0 Å². The van der Waals surface area contributed by atoms with Gasteiger partial charge in [-0.05, 0) is 60.8 Å². The van der Waals surface area contributed by atoms with E-state index in [0.29, 0.717) is 0 Å². The highest BCUT2D eigenvalue weighted by molar-refractivity contribution is 6.09. The molecule has 0 aromatic heterocycles. The highest BCUT2D eigenvalue weighted by atomic mass is 15.3. The molecule has 3 heteroatoms. The Morgan fingerprint density at radius 3 is 2.62 bits per heavy atom. The molecule has 2 aliphatic carbocycles. The monoisotopic (exact) mass is 389 g/mol. The second kappa shape index (κ2) is 9.47. The van der Waals surface area contributed by atoms with Gasteiger partial charge in [-0.3, -0.25) is 5.43 Å². The van der Waals surface area contributed by atoms with Crippen LogP contribution in [0.25, 0.3) is 5.70 Å². The Kier molecular flexibility index (Phi) is 6.53. The molecule has 1 aromatic carbocycles. The summed E-state index contributed by atoms with van der Waals surface area (Å²) in [6.07, 6.45) is 16.3. The van der Waals surface area contributed by atoms with Crippen molar-refractivity contribution >= 4 is 11.4 Å². The molecule has 0 bridgehead atoms. The van der Waals surface area contributed by atoms with E-state index in [-0.39, 0.29) is 0 Å². The van der Waals surface area contributed by atoms with Crippen LogP contribution in [0, 0.1) is 11.8 Å². The Morgan fingerprint density at radius 1 is 1.10 bits per heavy atom. The number of nitrogens with zero attached hydrogens (tertiary/aromatic N) is 1. The number of nitrogens with one attached hydrogen (secondary N) is 2. The molecule has 0 amide bonds. The smallest absolute Gasteiger partial charge is 0.0906 e. The van der Waals surface area contributed by atoms with Crippen LogP contribution in [0.3, 0.4) is 0 Å². The quantitative estimate of drug-likeness (QED) is 0.433. The number of hydrazone groups is 1. The zero-order valence-corrected chi connectivity index (χ0v) is 17.8. The average Bonchev–Trinajstić information content (AvgIpc) is 3.58. The van der Waals surface area contributed by atoms with Crippen LogP contribution in [-0.2, 0) is 0 Å². The molecule has 29 heavy (non-hydrogen) atoms. The fourth-order valence-corrected chi connectivity index (χ4v) is 4.67. The number of hydrogen-bond donors (Lipinski definition) is 2. The first-order chi connectivity index (χ1) is 14.2. The van der Waals surface area contributed by atoms with Crippen molar-refractivity contribution in [2.24, 2.45) is 16.9 Å². The second-order valence-electron chi connectivity index (χ2n) is 8.97. The highest BCUT2D eigenvalue weighted by Gasteiger charge is 2.21. The van der Waals surface area contributed by atoms with E-state index in [1.54, 1.807) is 5.57 Å². The third-order valence-corrected chi connectivity index (χ3v) is 6.68. The lowest BCUT2D eigenvalue weighted by atomic mass is 9.86. The predicted molar refractivity (Wildman–Crippen MR) is 124 cm³/mol. The Labute approximate surface area is 176 Å². The average molecular weight is 390 g/mol. The molecule has 0 spiro atoms. The minimum absolute atomic E-state index is 0.827. The molecule has 1 aliphatic heterocycles. The molecule has 3 aliphatic rings. The van der Waals surface area contributed by atoms with Gasteiger partial charge in [0.05, 0.1) is 5.71 Å². The van der Waals surface area contributed by atoms with Crippen molar-refractivity contribution in [3.05, 3.63) is 65.4 Å². The summed E-state index contributed by atoms with van der Waals surface area (Å²) >= 11 is 0. The molecule has 2 fully saturated rings. The van der Waals surface area contributed by atoms with Crippen LogP contribution in [0.1, 0.15) is 75.8 Å². The Balaban J connectivity index is 1.32. The maximum absolute atomic E-state index is 4.37. The summed E-state index contributed by atoms with van der Waals surface area (Å²) in [6, 6.07) is 8.81. The molecule has 0 saturated heterocycles. The van der Waals surface area contributed by atoms with Crippen molar-refractivity contribution in [3.63, 3.8) is 0 Å². The standard InChI is InChI=1S/C26H35N3/c1-19-7-4-3-5-8-21(19)9-6-18-27-26(24-15-16-24)23-13-11-22(12-14-23)25-17-10-20(2)28-29-25/h10-14,17,19,21,27-28H,2-9,15-16,18H2,1H3. The summed E-state index contributed by atoms with van der Waals surface area (Å²) in [5.41, 5.74) is 10.1. The number of rotatable bonds is 7. The molecule has 2 atom stereocenters. The van der Waals surface area contributed by atoms with Gasteiger partial charge < -0.3 is 5.32 Å². The van der Waals surface area contributed by atoms with Crippen LogP contribution in [-0.4, -0.2) is 12.3 Å². The minimum atomic E-state index is 0.827. The molecule has 3 nitrogen and oxygen atoms in total. The van der Waals surface area contributed by atoms with Crippen molar-refractivity contribution in [2.45, 2.75) is 64.7 Å². The molecule has 4 rings (SSSR count). The zero-order chi connectivity index (χ0) is 20.1. The van der Waals surface area contributed by atoms with E-state index < -0.39 is 0 Å². The van der Waals surface area contributed by atoms with Crippen LogP contribution >= 0.6 is 0 Å². The summed E-state index contributed by atoms with van der Waals surface area (Å²) in [6.45, 7) is 7.42. The number of allylic oxidation sites excluding steroid dienone is 3. The van der Waals surface area contributed by atoms with E-state index in [1.165, 1.54) is 69.0 Å². The lowest BCUT2D eigenvalue weighted by molar-refractivity contribution is 0.311. The first kappa shape index (κ1) is 20.0. The van der Waals surface area contributed by atoms with E-state index in [9.17, 15) is 0 Å². The second-order valence-corrected chi connectivity index (χ2v) is 8.97. The summed E-state index contributed by atoms with van der Waals surface area (Å²) in [5.74, 6) is 1.85. The Hall–Kier alpha value is -2.29. The van der Waals surface area contributed by atoms with Gasteiger partial charge in [-0.1, -0.05) is 69.9 Å². The van der Waals surface area contributed by atoms with Crippen LogP contribution < -0.4 is 10.7 Å². The minimum Gasteiger partial charge on any atom is -0.385 e. The first-order valence-electron chi connectivity index (χ1n) is 11.5. The van der Waals surface area contributed by atoms with Crippen molar-refractivity contribution in [1.82, 2.24) is 10.7 Å². The molecule has 1 heterocycles. The van der Waals surface area contributed by atoms with Crippen LogP contribution in [0.4, 0.5) is 0 Å². The van der Waals surface area contributed by atoms with Crippen LogP contribution in [0.15, 0.2) is 59.4 Å². The fraction of sp³-hybridized carbons (Fsp3) is 0.500. The van der Waals surface area contributed by atoms with Crippen molar-refractivity contribution in [2.75, 3.05) is 6.54 Å². The number of hydrogen-bond acceptors (Lipinski definition) is 3. The third-order valence-electron chi connectivity index (χ3n) is 6.68. The highest BCUT2D eigenvalue weighted by Crippen LogP contribution is 2.35. The molecule has 2 saturated carbocycles. The summed E-state index contributed by atoms with van der Waals surface area (Å²) < 4.78 is 0. The van der Waals surface area contributed by atoms with Gasteiger partial charge in [-0.2, -0.15) is 5.10 Å². The molecule has 2 N–H and O–H groups in total. The van der Waals surface area contributed by atoms with Crippen molar-refractivity contribution in [3.8, 4) is 0 Å². The van der Waals surface area contributed by atoms with E-state index in [2.05, 4.69) is 53.6 Å². The Morgan fingerprint density at radius 2 is 1.90 bits per heavy atom. The van der Waals surface area contributed by atoms with Gasteiger partial charge in [0.15, 0.2) is 0 Å². The molecular weight excluding hydrogens is 354 g/mol. The van der Waals surface area contributed by atoms with Gasteiger partial charge in [-0.15, -0.1) is 0 Å². The lowest BCUT2D eigenvalue weighted by Gasteiger charge is -2.21. The largest absolute Gasteiger partial charge is 0.385 e. The van der Waals surface area contributed by atoms with Gasteiger partial charge in [0, 0.05) is 23.5 Å². The van der Waals surface area contributed by atoms with E-state index in [1.807, 2.05) is 12.2 Å². The van der Waals surface area contributed by atoms with Gasteiger partial charge >= 0.3 is 0 Å². The van der Waals surface area contributed by atoms with Gasteiger partial charge in [0.2, 0.25) is 0 Å². The van der Waals surface area contributed by atoms with Gasteiger partial charge in [-0.25, -0.2) is 0 Å². The third kappa shape index (κ3) is 5.41. The first-order valence-corrected chi connectivity index (χ1v) is 11.5. The predicted octanol–water partition coefficient (Wildman–Crippen LogP) is 6.15. The van der Waals surface area contributed by atoms with Gasteiger partial charge in [0.1, 0.15) is 0 Å². The van der Waals surface area contributed by atoms with Crippen LogP contribution in [0.5, 0.6) is 0 Å². The van der Waals surface area contributed by atoms with E-state index >= 15 is 0 Å². The summed E-state index contributed by atoms with van der Waals surface area (Å²) in [7, 11) is 0. The number of benzene rings is 1.